The highest BCUT2D eigenvalue weighted by atomic mass is 19.4. The maximum Gasteiger partial charge on any atom is 0.416 e. The van der Waals surface area contributed by atoms with Crippen LogP contribution >= 0.6 is 0 Å². The highest BCUT2D eigenvalue weighted by Gasteiger charge is 2.30. The van der Waals surface area contributed by atoms with Crippen LogP contribution in [0.3, 0.4) is 0 Å². The molecule has 5 nitrogen and oxygen atoms in total. The number of ether oxygens (including phenoxy) is 1. The smallest absolute Gasteiger partial charge is 0.416 e. The van der Waals surface area contributed by atoms with Crippen molar-refractivity contribution in [2.24, 2.45) is 0 Å². The Balaban J connectivity index is 1.92. The van der Waals surface area contributed by atoms with Gasteiger partial charge in [0.15, 0.2) is 0 Å². The molecule has 0 radical (unpaired) electrons. The summed E-state index contributed by atoms with van der Waals surface area (Å²) in [6.45, 7) is 2.22. The van der Waals surface area contributed by atoms with Gasteiger partial charge in [0.25, 0.3) is 5.91 Å². The number of alkyl halides is 3. The first kappa shape index (κ1) is 18.5. The molecule has 0 fully saturated rings. The number of carbonyl (C=O) groups excluding carboxylic acids is 1. The second-order valence-corrected chi connectivity index (χ2v) is 5.60. The molecule has 0 aliphatic heterocycles. The van der Waals surface area contributed by atoms with E-state index in [0.717, 1.165) is 30.3 Å². The normalized spacial score (nSPS) is 11.4. The van der Waals surface area contributed by atoms with Crippen LogP contribution in [0.1, 0.15) is 22.8 Å². The average Bonchev–Trinajstić information content (AvgIpc) is 2.60. The fourth-order valence-corrected chi connectivity index (χ4v) is 2.53. The predicted molar refractivity (Wildman–Crippen MR) is 93.1 cm³/mol. The molecule has 1 amide bonds. The number of rotatable bonds is 4. The van der Waals surface area contributed by atoms with Crippen molar-refractivity contribution in [2.75, 3.05) is 11.9 Å². The third-order valence-corrected chi connectivity index (χ3v) is 3.74. The average molecular weight is 377 g/mol. The summed E-state index contributed by atoms with van der Waals surface area (Å²) in [6.07, 6.45) is -4.46. The molecule has 3 aromatic rings. The lowest BCUT2D eigenvalue weighted by atomic mass is 10.1. The molecule has 0 bridgehead atoms. The molecule has 140 valence electrons. The number of amides is 1. The Morgan fingerprint density at radius 3 is 2.44 bits per heavy atom. The highest BCUT2D eigenvalue weighted by molar-refractivity contribution is 6.12. The maximum atomic E-state index is 12.6. The highest BCUT2D eigenvalue weighted by Crippen LogP contribution is 2.30. The molecular formula is C19H14F3NO4. The van der Waals surface area contributed by atoms with Crippen molar-refractivity contribution in [3.8, 4) is 5.75 Å². The zero-order valence-electron chi connectivity index (χ0n) is 14.1. The van der Waals surface area contributed by atoms with Crippen molar-refractivity contribution in [1.82, 2.24) is 0 Å². The van der Waals surface area contributed by atoms with Crippen LogP contribution in [0.15, 0.2) is 57.7 Å². The van der Waals surface area contributed by atoms with Gasteiger partial charge in [0, 0.05) is 23.2 Å². The number of anilines is 1. The summed E-state index contributed by atoms with van der Waals surface area (Å²) in [7, 11) is 0. The zero-order chi connectivity index (χ0) is 19.6. The maximum absolute atomic E-state index is 12.6. The molecule has 0 atom stereocenters. The second-order valence-electron chi connectivity index (χ2n) is 5.60. The van der Waals surface area contributed by atoms with Gasteiger partial charge in [0.05, 0.1) is 17.7 Å². The molecule has 1 heterocycles. The van der Waals surface area contributed by atoms with E-state index in [9.17, 15) is 22.8 Å². The summed E-state index contributed by atoms with van der Waals surface area (Å²) in [6, 6.07) is 9.73. The lowest BCUT2D eigenvalue weighted by Gasteiger charge is -2.10. The number of benzene rings is 2. The van der Waals surface area contributed by atoms with Gasteiger partial charge < -0.3 is 14.5 Å². The van der Waals surface area contributed by atoms with Gasteiger partial charge in [-0.2, -0.15) is 13.2 Å². The number of hydrogen-bond donors (Lipinski definition) is 1. The minimum atomic E-state index is -4.46. The summed E-state index contributed by atoms with van der Waals surface area (Å²) in [5, 5.41) is 2.86. The predicted octanol–water partition coefficient (Wildman–Crippen LogP) is 4.46. The fourth-order valence-electron chi connectivity index (χ4n) is 2.53. The Morgan fingerprint density at radius 2 is 1.81 bits per heavy atom. The third-order valence-electron chi connectivity index (χ3n) is 3.74. The fraction of sp³-hybridized carbons (Fsp3) is 0.158. The first-order valence-corrected chi connectivity index (χ1v) is 7.97. The molecule has 0 saturated heterocycles. The Hall–Kier alpha value is -3.29. The molecular weight excluding hydrogens is 363 g/mol. The molecule has 1 N–H and O–H groups in total. The molecule has 27 heavy (non-hydrogen) atoms. The van der Waals surface area contributed by atoms with Gasteiger partial charge in [-0.15, -0.1) is 0 Å². The first-order chi connectivity index (χ1) is 12.8. The summed E-state index contributed by atoms with van der Waals surface area (Å²) >= 11 is 0. The molecule has 2 aromatic carbocycles. The number of nitrogens with one attached hydrogen (secondary N) is 1. The van der Waals surface area contributed by atoms with Crippen LogP contribution in [0.5, 0.6) is 5.75 Å². The summed E-state index contributed by atoms with van der Waals surface area (Å²) < 4.78 is 48.3. The van der Waals surface area contributed by atoms with E-state index >= 15 is 0 Å². The molecule has 0 aliphatic carbocycles. The lowest BCUT2D eigenvalue weighted by molar-refractivity contribution is -0.137. The van der Waals surface area contributed by atoms with Crippen LogP contribution < -0.4 is 15.7 Å². The quantitative estimate of drug-likeness (QED) is 0.682. The third kappa shape index (κ3) is 4.11. The van der Waals surface area contributed by atoms with Gasteiger partial charge in [-0.3, -0.25) is 4.79 Å². The van der Waals surface area contributed by atoms with E-state index in [1.807, 2.05) is 0 Å². The SMILES string of the molecule is CCOc1ccc2c(C(=O)Nc3ccc(C(F)(F)F)cc3)cc(=O)oc2c1. The molecule has 0 saturated carbocycles. The minimum Gasteiger partial charge on any atom is -0.494 e. The van der Waals surface area contributed by atoms with Gasteiger partial charge in [0.2, 0.25) is 0 Å². The van der Waals surface area contributed by atoms with E-state index in [-0.39, 0.29) is 16.8 Å². The molecule has 8 heteroatoms. The molecule has 0 spiro atoms. The minimum absolute atomic E-state index is 0.0456. The standard InChI is InChI=1S/C19H14F3NO4/c1-2-26-13-7-8-14-15(10-17(24)27-16(14)9-13)18(25)23-12-5-3-11(4-6-12)19(20,21)22/h3-10H,2H2,1H3,(H,23,25). The summed E-state index contributed by atoms with van der Waals surface area (Å²) in [5.74, 6) is -0.162. The van der Waals surface area contributed by atoms with E-state index in [0.29, 0.717) is 17.7 Å². The van der Waals surface area contributed by atoms with E-state index in [1.54, 1.807) is 19.1 Å². The van der Waals surface area contributed by atoms with E-state index in [2.05, 4.69) is 5.32 Å². The topological polar surface area (TPSA) is 68.5 Å². The Kier molecular flexibility index (Phi) is 4.89. The monoisotopic (exact) mass is 377 g/mol. The second kappa shape index (κ2) is 7.14. The van der Waals surface area contributed by atoms with Crippen LogP contribution in [0, 0.1) is 0 Å². The van der Waals surface area contributed by atoms with Crippen molar-refractivity contribution in [1.29, 1.82) is 0 Å². The molecule has 0 unspecified atom stereocenters. The van der Waals surface area contributed by atoms with Crippen LogP contribution in [0.2, 0.25) is 0 Å². The van der Waals surface area contributed by atoms with E-state index in [1.165, 1.54) is 6.07 Å². The Morgan fingerprint density at radius 1 is 1.11 bits per heavy atom. The zero-order valence-corrected chi connectivity index (χ0v) is 14.1. The van der Waals surface area contributed by atoms with Crippen LogP contribution in [-0.2, 0) is 6.18 Å². The molecule has 3 rings (SSSR count). The van der Waals surface area contributed by atoms with Crippen LogP contribution in [-0.4, -0.2) is 12.5 Å². The van der Waals surface area contributed by atoms with Crippen molar-refractivity contribution in [3.63, 3.8) is 0 Å². The number of fused-ring (bicyclic) bond motifs is 1. The van der Waals surface area contributed by atoms with Crippen molar-refractivity contribution < 1.29 is 27.1 Å². The largest absolute Gasteiger partial charge is 0.494 e. The van der Waals surface area contributed by atoms with E-state index in [4.69, 9.17) is 9.15 Å². The van der Waals surface area contributed by atoms with Gasteiger partial charge in [-0.05, 0) is 43.3 Å². The van der Waals surface area contributed by atoms with Crippen molar-refractivity contribution in [3.05, 3.63) is 70.1 Å². The van der Waals surface area contributed by atoms with Gasteiger partial charge in [0.1, 0.15) is 11.3 Å². The van der Waals surface area contributed by atoms with Crippen molar-refractivity contribution in [2.45, 2.75) is 13.1 Å². The number of hydrogen-bond acceptors (Lipinski definition) is 4. The van der Waals surface area contributed by atoms with Crippen LogP contribution in [0.25, 0.3) is 11.0 Å². The first-order valence-electron chi connectivity index (χ1n) is 7.97. The Labute approximate surface area is 151 Å². The molecule has 0 aliphatic rings. The Bertz CT molecular complexity index is 1040. The summed E-state index contributed by atoms with van der Waals surface area (Å²) in [5.41, 5.74) is -1.17. The molecule has 1 aromatic heterocycles. The number of halogens is 3. The number of carbonyl (C=O) groups is 1. The lowest BCUT2D eigenvalue weighted by Crippen LogP contribution is -2.15. The van der Waals surface area contributed by atoms with Gasteiger partial charge >= 0.3 is 11.8 Å². The van der Waals surface area contributed by atoms with Crippen LogP contribution in [0.4, 0.5) is 18.9 Å². The van der Waals surface area contributed by atoms with E-state index < -0.39 is 23.3 Å². The summed E-state index contributed by atoms with van der Waals surface area (Å²) in [4.78, 5) is 24.3. The van der Waals surface area contributed by atoms with Crippen molar-refractivity contribution >= 4 is 22.6 Å². The van der Waals surface area contributed by atoms with Gasteiger partial charge in [-0.25, -0.2) is 4.79 Å². The van der Waals surface area contributed by atoms with Gasteiger partial charge in [-0.1, -0.05) is 0 Å².